The number of hydrogen-bond donors (Lipinski definition) is 1. The quantitative estimate of drug-likeness (QED) is 0.906. The van der Waals surface area contributed by atoms with Gasteiger partial charge < -0.3 is 10.1 Å². The Labute approximate surface area is 134 Å². The highest BCUT2D eigenvalue weighted by Gasteiger charge is 2.21. The van der Waals surface area contributed by atoms with E-state index in [2.05, 4.69) is 40.3 Å². The lowest BCUT2D eigenvalue weighted by Crippen LogP contribution is -2.39. The van der Waals surface area contributed by atoms with Gasteiger partial charge in [0.05, 0.1) is 18.4 Å². The summed E-state index contributed by atoms with van der Waals surface area (Å²) in [5, 5.41) is 3.42. The number of aromatic nitrogens is 1. The molecular formula is C18H29N3O. The van der Waals surface area contributed by atoms with Crippen molar-refractivity contribution in [3.8, 4) is 0 Å². The standard InChI is InChI=1S/C18H29N3O/c1-15-3-2-4-17(20-15)14-21-10-7-16(8-11-21)5-6-18-13-19-9-12-22-18/h2-4,16,18-19H,5-14H2,1H3. The molecular weight excluding hydrogens is 274 g/mol. The van der Waals surface area contributed by atoms with Crippen molar-refractivity contribution < 1.29 is 4.74 Å². The molecule has 2 aliphatic heterocycles. The highest BCUT2D eigenvalue weighted by molar-refractivity contribution is 5.09. The zero-order valence-electron chi connectivity index (χ0n) is 13.8. The van der Waals surface area contributed by atoms with Gasteiger partial charge in [-0.05, 0) is 63.7 Å². The summed E-state index contributed by atoms with van der Waals surface area (Å²) in [5.41, 5.74) is 2.33. The van der Waals surface area contributed by atoms with Crippen LogP contribution < -0.4 is 5.32 Å². The summed E-state index contributed by atoms with van der Waals surface area (Å²) < 4.78 is 5.80. The molecule has 4 nitrogen and oxygen atoms in total. The highest BCUT2D eigenvalue weighted by Crippen LogP contribution is 2.24. The van der Waals surface area contributed by atoms with Crippen LogP contribution in [0.2, 0.25) is 0 Å². The van der Waals surface area contributed by atoms with Crippen molar-refractivity contribution >= 4 is 0 Å². The molecule has 122 valence electrons. The minimum atomic E-state index is 0.447. The first-order valence-corrected chi connectivity index (χ1v) is 8.77. The van der Waals surface area contributed by atoms with E-state index in [0.717, 1.165) is 37.9 Å². The lowest BCUT2D eigenvalue weighted by Gasteiger charge is -2.33. The Balaban J connectivity index is 1.37. The summed E-state index contributed by atoms with van der Waals surface area (Å²) in [4.78, 5) is 7.17. The van der Waals surface area contributed by atoms with Crippen LogP contribution in [0.25, 0.3) is 0 Å². The van der Waals surface area contributed by atoms with E-state index in [0.29, 0.717) is 6.10 Å². The first-order valence-electron chi connectivity index (χ1n) is 8.77. The molecule has 1 unspecified atom stereocenters. The third-order valence-corrected chi connectivity index (χ3v) is 4.94. The van der Waals surface area contributed by atoms with Gasteiger partial charge in [-0.3, -0.25) is 9.88 Å². The molecule has 3 heterocycles. The first kappa shape index (κ1) is 15.9. The van der Waals surface area contributed by atoms with Crippen LogP contribution in [0.15, 0.2) is 18.2 Å². The summed E-state index contributed by atoms with van der Waals surface area (Å²) in [6.07, 6.45) is 5.64. The van der Waals surface area contributed by atoms with Crippen LogP contribution in [-0.4, -0.2) is 48.8 Å². The lowest BCUT2D eigenvalue weighted by molar-refractivity contribution is 0.0175. The molecule has 3 rings (SSSR count). The van der Waals surface area contributed by atoms with Crippen molar-refractivity contribution in [2.75, 3.05) is 32.8 Å². The number of hydrogen-bond acceptors (Lipinski definition) is 4. The number of piperidine rings is 1. The summed E-state index contributed by atoms with van der Waals surface area (Å²) in [5.74, 6) is 0.882. The van der Waals surface area contributed by atoms with Gasteiger partial charge in [0.15, 0.2) is 0 Å². The topological polar surface area (TPSA) is 37.4 Å². The van der Waals surface area contributed by atoms with Gasteiger partial charge in [-0.1, -0.05) is 6.07 Å². The van der Waals surface area contributed by atoms with Crippen molar-refractivity contribution in [1.29, 1.82) is 0 Å². The van der Waals surface area contributed by atoms with Gasteiger partial charge in [0, 0.05) is 25.3 Å². The normalized spacial score (nSPS) is 24.5. The maximum Gasteiger partial charge on any atom is 0.0700 e. The van der Waals surface area contributed by atoms with Crippen LogP contribution in [0.5, 0.6) is 0 Å². The molecule has 2 aliphatic rings. The van der Waals surface area contributed by atoms with Gasteiger partial charge in [0.2, 0.25) is 0 Å². The molecule has 0 saturated carbocycles. The van der Waals surface area contributed by atoms with Gasteiger partial charge in [0.1, 0.15) is 0 Å². The van der Waals surface area contributed by atoms with E-state index in [4.69, 9.17) is 4.74 Å². The number of morpholine rings is 1. The van der Waals surface area contributed by atoms with Gasteiger partial charge in [0.25, 0.3) is 0 Å². The summed E-state index contributed by atoms with van der Waals surface area (Å²) in [7, 11) is 0. The van der Waals surface area contributed by atoms with E-state index in [1.807, 2.05) is 0 Å². The number of pyridine rings is 1. The average Bonchev–Trinajstić information content (AvgIpc) is 2.55. The number of likely N-dealkylation sites (tertiary alicyclic amines) is 1. The Hall–Kier alpha value is -0.970. The smallest absolute Gasteiger partial charge is 0.0700 e. The average molecular weight is 303 g/mol. The van der Waals surface area contributed by atoms with Crippen LogP contribution in [0.3, 0.4) is 0 Å². The van der Waals surface area contributed by atoms with Crippen LogP contribution in [-0.2, 0) is 11.3 Å². The molecule has 1 N–H and O–H groups in total. The molecule has 0 bridgehead atoms. The van der Waals surface area contributed by atoms with Gasteiger partial charge >= 0.3 is 0 Å². The zero-order chi connectivity index (χ0) is 15.2. The fourth-order valence-corrected chi connectivity index (χ4v) is 3.58. The fraction of sp³-hybridized carbons (Fsp3) is 0.722. The third-order valence-electron chi connectivity index (χ3n) is 4.94. The number of aryl methyl sites for hydroxylation is 1. The molecule has 0 amide bonds. The predicted molar refractivity (Wildman–Crippen MR) is 88.8 cm³/mol. The monoisotopic (exact) mass is 303 g/mol. The number of ether oxygens (including phenoxy) is 1. The maximum absolute atomic E-state index is 5.80. The Morgan fingerprint density at radius 3 is 2.86 bits per heavy atom. The van der Waals surface area contributed by atoms with Gasteiger partial charge in [-0.2, -0.15) is 0 Å². The first-order chi connectivity index (χ1) is 10.8. The largest absolute Gasteiger partial charge is 0.376 e. The van der Waals surface area contributed by atoms with Crippen molar-refractivity contribution in [2.24, 2.45) is 5.92 Å². The fourth-order valence-electron chi connectivity index (χ4n) is 3.58. The van der Waals surface area contributed by atoms with Crippen LogP contribution in [0.4, 0.5) is 0 Å². The molecule has 0 aliphatic carbocycles. The van der Waals surface area contributed by atoms with E-state index in [1.54, 1.807) is 0 Å². The third kappa shape index (κ3) is 4.77. The van der Waals surface area contributed by atoms with E-state index in [-0.39, 0.29) is 0 Å². The maximum atomic E-state index is 5.80. The van der Waals surface area contributed by atoms with Crippen molar-refractivity contribution in [2.45, 2.75) is 45.3 Å². The molecule has 2 fully saturated rings. The highest BCUT2D eigenvalue weighted by atomic mass is 16.5. The van der Waals surface area contributed by atoms with Crippen molar-refractivity contribution in [3.63, 3.8) is 0 Å². The van der Waals surface area contributed by atoms with E-state index in [9.17, 15) is 0 Å². The number of nitrogens with zero attached hydrogens (tertiary/aromatic N) is 2. The molecule has 0 aromatic carbocycles. The van der Waals surface area contributed by atoms with Crippen molar-refractivity contribution in [1.82, 2.24) is 15.2 Å². The molecule has 1 aromatic heterocycles. The molecule has 1 atom stereocenters. The summed E-state index contributed by atoms with van der Waals surface area (Å²) >= 11 is 0. The number of rotatable bonds is 5. The zero-order valence-corrected chi connectivity index (χ0v) is 13.8. The minimum Gasteiger partial charge on any atom is -0.376 e. The molecule has 22 heavy (non-hydrogen) atoms. The molecule has 4 heteroatoms. The Morgan fingerprint density at radius 2 is 2.14 bits per heavy atom. The van der Waals surface area contributed by atoms with E-state index < -0.39 is 0 Å². The second-order valence-corrected chi connectivity index (χ2v) is 6.76. The van der Waals surface area contributed by atoms with Crippen LogP contribution >= 0.6 is 0 Å². The summed E-state index contributed by atoms with van der Waals surface area (Å²) in [6, 6.07) is 6.33. The Morgan fingerprint density at radius 1 is 1.27 bits per heavy atom. The second kappa shape index (κ2) is 8.04. The Kier molecular flexibility index (Phi) is 5.82. The van der Waals surface area contributed by atoms with Crippen molar-refractivity contribution in [3.05, 3.63) is 29.6 Å². The van der Waals surface area contributed by atoms with Crippen LogP contribution in [0, 0.1) is 12.8 Å². The molecule has 2 saturated heterocycles. The van der Waals surface area contributed by atoms with E-state index >= 15 is 0 Å². The molecule has 0 spiro atoms. The van der Waals surface area contributed by atoms with Crippen LogP contribution in [0.1, 0.15) is 37.1 Å². The number of nitrogens with one attached hydrogen (secondary N) is 1. The van der Waals surface area contributed by atoms with E-state index in [1.165, 1.54) is 44.5 Å². The van der Waals surface area contributed by atoms with Gasteiger partial charge in [-0.25, -0.2) is 0 Å². The lowest BCUT2D eigenvalue weighted by atomic mass is 9.91. The molecule has 0 radical (unpaired) electrons. The predicted octanol–water partition coefficient (Wildman–Crippen LogP) is 2.37. The SMILES string of the molecule is Cc1cccc(CN2CCC(CCC3CNCCO3)CC2)n1. The van der Waals surface area contributed by atoms with Gasteiger partial charge in [-0.15, -0.1) is 0 Å². The Bertz CT molecular complexity index is 451. The second-order valence-electron chi connectivity index (χ2n) is 6.76. The molecule has 1 aromatic rings. The minimum absolute atomic E-state index is 0.447. The summed E-state index contributed by atoms with van der Waals surface area (Å²) in [6.45, 7) is 8.43.